The van der Waals surface area contributed by atoms with E-state index in [0.717, 1.165) is 42.3 Å². The summed E-state index contributed by atoms with van der Waals surface area (Å²) in [4.78, 5) is 4.41. The third-order valence-electron chi connectivity index (χ3n) is 4.73. The van der Waals surface area contributed by atoms with Crippen LogP contribution in [0.1, 0.15) is 52.4 Å². The molecule has 0 amide bonds. The summed E-state index contributed by atoms with van der Waals surface area (Å²) in [7, 11) is -3.53. The predicted octanol–water partition coefficient (Wildman–Crippen LogP) is 4.42. The number of hydrogen-bond acceptors (Lipinski definition) is 4. The Morgan fingerprint density at radius 3 is 2.61 bits per heavy atom. The van der Waals surface area contributed by atoms with Crippen LogP contribution in [0.25, 0.3) is 10.2 Å². The number of hydrogen-bond donors (Lipinski definition) is 0. The van der Waals surface area contributed by atoms with Crippen molar-refractivity contribution in [2.24, 2.45) is 0 Å². The summed E-state index contributed by atoms with van der Waals surface area (Å²) in [5.41, 5.74) is 0.767. The standard InChI is InChI=1S/C17H24N2O2S2/c1-3-13(2)19(14-9-5-4-6-10-14)23(20,21)17-18-15-11-7-8-12-16(15)22-17/h7-8,11-14H,3-6,9-10H2,1-2H3. The summed E-state index contributed by atoms with van der Waals surface area (Å²) in [5.74, 6) is 0. The van der Waals surface area contributed by atoms with Gasteiger partial charge in [0.05, 0.1) is 10.2 Å². The number of sulfonamides is 1. The number of aromatic nitrogens is 1. The van der Waals surface area contributed by atoms with E-state index in [1.54, 1.807) is 4.31 Å². The molecule has 23 heavy (non-hydrogen) atoms. The summed E-state index contributed by atoms with van der Waals surface area (Å²) >= 11 is 1.28. The van der Waals surface area contributed by atoms with Gasteiger partial charge in [0.25, 0.3) is 10.0 Å². The second-order valence-electron chi connectivity index (χ2n) is 6.33. The molecule has 1 fully saturated rings. The average Bonchev–Trinajstić information content (AvgIpc) is 3.00. The Morgan fingerprint density at radius 1 is 1.26 bits per heavy atom. The second-order valence-corrected chi connectivity index (χ2v) is 9.38. The van der Waals surface area contributed by atoms with E-state index >= 15 is 0 Å². The average molecular weight is 353 g/mol. The summed E-state index contributed by atoms with van der Waals surface area (Å²) in [6, 6.07) is 7.75. The zero-order chi connectivity index (χ0) is 16.4. The van der Waals surface area contributed by atoms with Gasteiger partial charge in [0, 0.05) is 12.1 Å². The summed E-state index contributed by atoms with van der Waals surface area (Å²) in [6.45, 7) is 4.06. The van der Waals surface area contributed by atoms with Gasteiger partial charge in [-0.25, -0.2) is 13.4 Å². The molecule has 0 radical (unpaired) electrons. The van der Waals surface area contributed by atoms with E-state index in [2.05, 4.69) is 4.98 Å². The fraction of sp³-hybridized carbons (Fsp3) is 0.588. The minimum Gasteiger partial charge on any atom is -0.224 e. The lowest BCUT2D eigenvalue weighted by Gasteiger charge is -2.36. The number of para-hydroxylation sites is 1. The zero-order valence-electron chi connectivity index (χ0n) is 13.7. The van der Waals surface area contributed by atoms with Crippen molar-refractivity contribution in [2.45, 2.75) is 68.8 Å². The zero-order valence-corrected chi connectivity index (χ0v) is 15.4. The van der Waals surface area contributed by atoms with Crippen LogP contribution in [-0.4, -0.2) is 29.8 Å². The summed E-state index contributed by atoms with van der Waals surface area (Å²) in [6.07, 6.45) is 6.20. The molecule has 1 heterocycles. The first-order chi connectivity index (χ1) is 11.0. The molecule has 0 saturated heterocycles. The van der Waals surface area contributed by atoms with Crippen LogP contribution in [0.3, 0.4) is 0 Å². The Hall–Kier alpha value is -0.980. The lowest BCUT2D eigenvalue weighted by atomic mass is 9.95. The molecule has 0 spiro atoms. The van der Waals surface area contributed by atoms with E-state index in [-0.39, 0.29) is 16.4 Å². The van der Waals surface area contributed by atoms with Gasteiger partial charge in [-0.1, -0.05) is 38.3 Å². The maximum absolute atomic E-state index is 13.3. The van der Waals surface area contributed by atoms with E-state index in [4.69, 9.17) is 0 Å². The Morgan fingerprint density at radius 2 is 1.96 bits per heavy atom. The first kappa shape index (κ1) is 16.9. The highest BCUT2D eigenvalue weighted by Gasteiger charge is 2.37. The number of rotatable bonds is 5. The lowest BCUT2D eigenvalue weighted by molar-refractivity contribution is 0.207. The number of thiazole rings is 1. The first-order valence-electron chi connectivity index (χ1n) is 8.43. The van der Waals surface area contributed by atoms with Crippen molar-refractivity contribution in [2.75, 3.05) is 0 Å². The second kappa shape index (κ2) is 6.87. The summed E-state index contributed by atoms with van der Waals surface area (Å²) < 4.78 is 29.5. The Balaban J connectivity index is 2.01. The van der Waals surface area contributed by atoms with Crippen molar-refractivity contribution in [3.8, 4) is 0 Å². The third-order valence-corrected chi connectivity index (χ3v) is 8.19. The molecule has 0 N–H and O–H groups in total. The quantitative estimate of drug-likeness (QED) is 0.800. The van der Waals surface area contributed by atoms with Crippen LogP contribution < -0.4 is 0 Å². The third kappa shape index (κ3) is 3.30. The van der Waals surface area contributed by atoms with Crippen LogP contribution in [0.15, 0.2) is 28.6 Å². The van der Waals surface area contributed by atoms with Crippen LogP contribution in [0.2, 0.25) is 0 Å². The van der Waals surface area contributed by atoms with Crippen molar-refractivity contribution < 1.29 is 8.42 Å². The monoisotopic (exact) mass is 352 g/mol. The Bertz CT molecular complexity index is 731. The van der Waals surface area contributed by atoms with E-state index in [1.807, 2.05) is 38.1 Å². The van der Waals surface area contributed by atoms with Gasteiger partial charge >= 0.3 is 0 Å². The maximum Gasteiger partial charge on any atom is 0.270 e. The van der Waals surface area contributed by atoms with Crippen LogP contribution in [0.5, 0.6) is 0 Å². The predicted molar refractivity (Wildman–Crippen MR) is 95.3 cm³/mol. The van der Waals surface area contributed by atoms with Crippen molar-refractivity contribution >= 4 is 31.6 Å². The van der Waals surface area contributed by atoms with Crippen LogP contribution in [0.4, 0.5) is 0 Å². The molecule has 4 nitrogen and oxygen atoms in total. The normalized spacial score (nSPS) is 18.6. The topological polar surface area (TPSA) is 50.3 Å². The van der Waals surface area contributed by atoms with Gasteiger partial charge < -0.3 is 0 Å². The maximum atomic E-state index is 13.3. The highest BCUT2D eigenvalue weighted by atomic mass is 32.2. The minimum atomic E-state index is -3.53. The van der Waals surface area contributed by atoms with Gasteiger partial charge in [0.15, 0.2) is 0 Å². The largest absolute Gasteiger partial charge is 0.270 e. The van der Waals surface area contributed by atoms with Gasteiger partial charge in [0.2, 0.25) is 4.34 Å². The molecule has 0 bridgehead atoms. The molecule has 1 saturated carbocycles. The van der Waals surface area contributed by atoms with E-state index in [0.29, 0.717) is 0 Å². The van der Waals surface area contributed by atoms with Gasteiger partial charge in [0.1, 0.15) is 0 Å². The Labute approximate surface area is 142 Å². The molecule has 1 aromatic carbocycles. The van der Waals surface area contributed by atoms with Gasteiger partial charge in [-0.2, -0.15) is 4.31 Å². The molecule has 1 aromatic heterocycles. The summed E-state index contributed by atoms with van der Waals surface area (Å²) in [5, 5.41) is 0. The fourth-order valence-corrected chi connectivity index (χ4v) is 6.63. The van der Waals surface area contributed by atoms with Gasteiger partial charge in [-0.05, 0) is 38.3 Å². The minimum absolute atomic E-state index is 0.00936. The Kier molecular flexibility index (Phi) is 5.04. The highest BCUT2D eigenvalue weighted by Crippen LogP contribution is 2.33. The SMILES string of the molecule is CCC(C)N(C1CCCCC1)S(=O)(=O)c1nc2ccccc2s1. The van der Waals surface area contributed by atoms with Crippen molar-refractivity contribution in [3.05, 3.63) is 24.3 Å². The number of benzene rings is 1. The van der Waals surface area contributed by atoms with Crippen molar-refractivity contribution in [3.63, 3.8) is 0 Å². The highest BCUT2D eigenvalue weighted by molar-refractivity contribution is 7.91. The van der Waals surface area contributed by atoms with Crippen molar-refractivity contribution in [1.29, 1.82) is 0 Å². The molecule has 3 rings (SSSR count). The molecular formula is C17H24N2O2S2. The molecule has 6 heteroatoms. The molecule has 1 unspecified atom stereocenters. The number of fused-ring (bicyclic) bond motifs is 1. The van der Waals surface area contributed by atoms with Crippen LogP contribution >= 0.6 is 11.3 Å². The van der Waals surface area contributed by atoms with E-state index in [9.17, 15) is 8.42 Å². The van der Waals surface area contributed by atoms with Crippen molar-refractivity contribution in [1.82, 2.24) is 9.29 Å². The van der Waals surface area contributed by atoms with Gasteiger partial charge in [-0.3, -0.25) is 0 Å². The fourth-order valence-electron chi connectivity index (χ4n) is 3.36. The number of nitrogens with zero attached hydrogens (tertiary/aromatic N) is 2. The molecule has 126 valence electrons. The molecular weight excluding hydrogens is 328 g/mol. The smallest absolute Gasteiger partial charge is 0.224 e. The van der Waals surface area contributed by atoms with Gasteiger partial charge in [-0.15, -0.1) is 11.3 Å². The van der Waals surface area contributed by atoms with E-state index < -0.39 is 10.0 Å². The molecule has 1 aliphatic carbocycles. The molecule has 2 aromatic rings. The molecule has 0 aliphatic heterocycles. The van der Waals surface area contributed by atoms with E-state index in [1.165, 1.54) is 17.8 Å². The molecule has 1 aliphatic rings. The van der Waals surface area contributed by atoms with Crippen LogP contribution in [0, 0.1) is 0 Å². The molecule has 1 atom stereocenters. The van der Waals surface area contributed by atoms with Crippen LogP contribution in [-0.2, 0) is 10.0 Å². The lowest BCUT2D eigenvalue weighted by Crippen LogP contribution is -2.46. The first-order valence-corrected chi connectivity index (χ1v) is 10.7.